The molecule has 1 N–H and O–H groups in total. The van der Waals surface area contributed by atoms with Crippen LogP contribution in [0.5, 0.6) is 0 Å². The molecule has 0 amide bonds. The Labute approximate surface area is 102 Å². The van der Waals surface area contributed by atoms with Crippen molar-refractivity contribution < 1.29 is 17.9 Å². The van der Waals surface area contributed by atoms with E-state index in [1.54, 1.807) is 25.3 Å². The molecule has 0 heterocycles. The van der Waals surface area contributed by atoms with Crippen LogP contribution in [0.1, 0.15) is 5.56 Å². The van der Waals surface area contributed by atoms with Crippen LogP contribution in [0.3, 0.4) is 0 Å². The van der Waals surface area contributed by atoms with Crippen molar-refractivity contribution in [3.05, 3.63) is 29.8 Å². The molecule has 17 heavy (non-hydrogen) atoms. The third-order valence-electron chi connectivity index (χ3n) is 2.12. The van der Waals surface area contributed by atoms with E-state index in [2.05, 4.69) is 4.72 Å². The van der Waals surface area contributed by atoms with Gasteiger partial charge in [0.05, 0.1) is 18.1 Å². The average molecular weight is 259 g/mol. The Morgan fingerprint density at radius 3 is 2.65 bits per heavy atom. The van der Waals surface area contributed by atoms with Gasteiger partial charge in [-0.3, -0.25) is 0 Å². The highest BCUT2D eigenvalue weighted by Gasteiger charge is 2.13. The number of benzene rings is 1. The molecule has 1 aromatic rings. The van der Waals surface area contributed by atoms with E-state index in [9.17, 15) is 8.42 Å². The summed E-state index contributed by atoms with van der Waals surface area (Å²) in [5.74, 6) is 0. The summed E-state index contributed by atoms with van der Waals surface area (Å²) in [5.41, 5.74) is 0.821. The third-order valence-corrected chi connectivity index (χ3v) is 3.58. The Morgan fingerprint density at radius 1 is 1.24 bits per heavy atom. The first-order valence-electron chi connectivity index (χ1n) is 5.16. The topological polar surface area (TPSA) is 64.6 Å². The quantitative estimate of drug-likeness (QED) is 0.734. The van der Waals surface area contributed by atoms with Gasteiger partial charge >= 0.3 is 0 Å². The Morgan fingerprint density at radius 2 is 2.00 bits per heavy atom. The highest BCUT2D eigenvalue weighted by Crippen LogP contribution is 2.11. The van der Waals surface area contributed by atoms with Gasteiger partial charge < -0.3 is 9.47 Å². The summed E-state index contributed by atoms with van der Waals surface area (Å²) >= 11 is 0. The lowest BCUT2D eigenvalue weighted by Gasteiger charge is -2.07. The van der Waals surface area contributed by atoms with Crippen LogP contribution in [0, 0.1) is 0 Å². The van der Waals surface area contributed by atoms with Crippen LogP contribution in [0.25, 0.3) is 0 Å². The fourth-order valence-corrected chi connectivity index (χ4v) is 2.41. The Kier molecular flexibility index (Phi) is 5.57. The number of ether oxygens (including phenoxy) is 2. The second-order valence-corrected chi connectivity index (χ2v) is 5.24. The van der Waals surface area contributed by atoms with Crippen molar-refractivity contribution in [2.45, 2.75) is 11.5 Å². The minimum Gasteiger partial charge on any atom is -0.383 e. The third kappa shape index (κ3) is 4.43. The lowest BCUT2D eigenvalue weighted by molar-refractivity contribution is 0.184. The molecule has 1 rings (SSSR count). The fraction of sp³-hybridized carbons (Fsp3) is 0.455. The first kappa shape index (κ1) is 14.1. The largest absolute Gasteiger partial charge is 0.383 e. The van der Waals surface area contributed by atoms with Crippen LogP contribution >= 0.6 is 0 Å². The molecule has 0 spiro atoms. The first-order chi connectivity index (χ1) is 8.10. The van der Waals surface area contributed by atoms with Crippen molar-refractivity contribution >= 4 is 10.0 Å². The minimum absolute atomic E-state index is 0.239. The van der Waals surface area contributed by atoms with Crippen molar-refractivity contribution in [1.82, 2.24) is 4.72 Å². The fourth-order valence-electron chi connectivity index (χ4n) is 1.33. The molecule has 0 unspecified atom stereocenters. The summed E-state index contributed by atoms with van der Waals surface area (Å²) in [6.07, 6.45) is 0. The molecule has 0 saturated heterocycles. The lowest BCUT2D eigenvalue weighted by atomic mass is 10.2. The van der Waals surface area contributed by atoms with E-state index in [0.29, 0.717) is 13.2 Å². The number of hydrogen-bond donors (Lipinski definition) is 1. The van der Waals surface area contributed by atoms with Crippen molar-refractivity contribution in [2.24, 2.45) is 0 Å². The zero-order chi connectivity index (χ0) is 12.7. The SMILES string of the molecule is COCCNS(=O)(=O)c1cccc(COC)c1. The van der Waals surface area contributed by atoms with E-state index < -0.39 is 10.0 Å². The number of sulfonamides is 1. The molecule has 0 aliphatic heterocycles. The highest BCUT2D eigenvalue weighted by molar-refractivity contribution is 7.89. The monoisotopic (exact) mass is 259 g/mol. The van der Waals surface area contributed by atoms with Crippen LogP contribution in [0.15, 0.2) is 29.2 Å². The molecule has 0 radical (unpaired) electrons. The number of rotatable bonds is 7. The summed E-state index contributed by atoms with van der Waals surface area (Å²) in [7, 11) is -0.370. The van der Waals surface area contributed by atoms with Gasteiger partial charge in [0, 0.05) is 20.8 Å². The van der Waals surface area contributed by atoms with Gasteiger partial charge in [0.15, 0.2) is 0 Å². The van der Waals surface area contributed by atoms with E-state index in [1.807, 2.05) is 6.07 Å². The van der Waals surface area contributed by atoms with Gasteiger partial charge in [-0.25, -0.2) is 13.1 Å². The zero-order valence-electron chi connectivity index (χ0n) is 9.97. The van der Waals surface area contributed by atoms with E-state index in [4.69, 9.17) is 9.47 Å². The van der Waals surface area contributed by atoms with Crippen LogP contribution in [0.2, 0.25) is 0 Å². The molecular formula is C11H17NO4S. The van der Waals surface area contributed by atoms with E-state index in [1.165, 1.54) is 7.11 Å². The van der Waals surface area contributed by atoms with Gasteiger partial charge in [0.1, 0.15) is 0 Å². The average Bonchev–Trinajstić information content (AvgIpc) is 2.30. The molecule has 5 nitrogen and oxygen atoms in total. The molecule has 0 aliphatic rings. The molecular weight excluding hydrogens is 242 g/mol. The molecule has 1 aromatic carbocycles. The summed E-state index contributed by atoms with van der Waals surface area (Å²) in [4.78, 5) is 0.239. The Bertz CT molecular complexity index is 445. The summed E-state index contributed by atoms with van der Waals surface area (Å²) in [5, 5.41) is 0. The zero-order valence-corrected chi connectivity index (χ0v) is 10.8. The second-order valence-electron chi connectivity index (χ2n) is 3.47. The molecule has 0 aliphatic carbocycles. The van der Waals surface area contributed by atoms with Crippen molar-refractivity contribution in [3.8, 4) is 0 Å². The van der Waals surface area contributed by atoms with Crippen LogP contribution < -0.4 is 4.72 Å². The van der Waals surface area contributed by atoms with Crippen LogP contribution in [-0.2, 0) is 26.1 Å². The second kappa shape index (κ2) is 6.70. The Balaban J connectivity index is 2.79. The van der Waals surface area contributed by atoms with Gasteiger partial charge in [0.25, 0.3) is 0 Å². The summed E-state index contributed by atoms with van der Waals surface area (Å²) in [6, 6.07) is 6.66. The molecule has 0 bridgehead atoms. The molecule has 0 saturated carbocycles. The van der Waals surface area contributed by atoms with Gasteiger partial charge in [-0.15, -0.1) is 0 Å². The van der Waals surface area contributed by atoms with Gasteiger partial charge in [-0.1, -0.05) is 12.1 Å². The van der Waals surface area contributed by atoms with Gasteiger partial charge in [-0.2, -0.15) is 0 Å². The number of methoxy groups -OCH3 is 2. The number of hydrogen-bond acceptors (Lipinski definition) is 4. The predicted molar refractivity (Wildman–Crippen MR) is 64.2 cm³/mol. The summed E-state index contributed by atoms with van der Waals surface area (Å²) in [6.45, 7) is 0.992. The number of nitrogens with one attached hydrogen (secondary N) is 1. The normalized spacial score (nSPS) is 11.6. The lowest BCUT2D eigenvalue weighted by Crippen LogP contribution is -2.27. The highest BCUT2D eigenvalue weighted by atomic mass is 32.2. The molecule has 6 heteroatoms. The van der Waals surface area contributed by atoms with E-state index in [-0.39, 0.29) is 11.4 Å². The standard InChI is InChI=1S/C11H17NO4S/c1-15-7-6-12-17(13,14)11-5-3-4-10(8-11)9-16-2/h3-5,8,12H,6-7,9H2,1-2H3. The molecule has 0 atom stereocenters. The smallest absolute Gasteiger partial charge is 0.240 e. The van der Waals surface area contributed by atoms with Gasteiger partial charge in [0.2, 0.25) is 10.0 Å². The molecule has 0 aromatic heterocycles. The van der Waals surface area contributed by atoms with Crippen LogP contribution in [-0.4, -0.2) is 35.8 Å². The molecule has 96 valence electrons. The predicted octanol–water partition coefficient (Wildman–Crippen LogP) is 0.758. The maximum atomic E-state index is 11.9. The first-order valence-corrected chi connectivity index (χ1v) is 6.65. The van der Waals surface area contributed by atoms with E-state index >= 15 is 0 Å². The van der Waals surface area contributed by atoms with Crippen molar-refractivity contribution in [1.29, 1.82) is 0 Å². The summed E-state index contributed by atoms with van der Waals surface area (Å²) < 4.78 is 35.9. The minimum atomic E-state index is -3.46. The maximum Gasteiger partial charge on any atom is 0.240 e. The van der Waals surface area contributed by atoms with Crippen molar-refractivity contribution in [3.63, 3.8) is 0 Å². The molecule has 0 fully saturated rings. The Hall–Kier alpha value is -0.950. The van der Waals surface area contributed by atoms with Crippen LogP contribution in [0.4, 0.5) is 0 Å². The van der Waals surface area contributed by atoms with Gasteiger partial charge in [-0.05, 0) is 17.7 Å². The van der Waals surface area contributed by atoms with E-state index in [0.717, 1.165) is 5.56 Å². The maximum absolute atomic E-state index is 11.9. The van der Waals surface area contributed by atoms with Crippen molar-refractivity contribution in [2.75, 3.05) is 27.4 Å².